The van der Waals surface area contributed by atoms with Gasteiger partial charge >= 0.3 is 12.4 Å². The number of nitrogens with zero attached hydrogens (tertiary/aromatic N) is 4. The van der Waals surface area contributed by atoms with Crippen LogP contribution >= 0.6 is 0 Å². The van der Waals surface area contributed by atoms with E-state index in [0.717, 1.165) is 37.4 Å². The molecule has 4 rings (SSSR count). The highest BCUT2D eigenvalue weighted by atomic mass is 19.4. The predicted octanol–water partition coefficient (Wildman–Crippen LogP) is 3.68. The number of benzene rings is 2. The number of carbonyl (C=O) groups is 1. The van der Waals surface area contributed by atoms with Crippen molar-refractivity contribution >= 4 is 17.4 Å². The normalized spacial score (nSPS) is 19.2. The predicted molar refractivity (Wildman–Crippen MR) is 124 cm³/mol. The van der Waals surface area contributed by atoms with Gasteiger partial charge in [-0.3, -0.25) is 0 Å². The third-order valence-corrected chi connectivity index (χ3v) is 6.14. The maximum Gasteiger partial charge on any atom is 0.573 e. The minimum atomic E-state index is -4.80. The van der Waals surface area contributed by atoms with Crippen LogP contribution in [0.2, 0.25) is 0 Å². The number of carbonyl (C=O) groups excluding carboxylic acids is 1. The molecule has 1 fully saturated rings. The number of amides is 2. The van der Waals surface area contributed by atoms with Crippen LogP contribution in [0.25, 0.3) is 0 Å². The van der Waals surface area contributed by atoms with Gasteiger partial charge in [0.15, 0.2) is 0 Å². The van der Waals surface area contributed by atoms with E-state index in [1.54, 1.807) is 6.07 Å². The Bertz CT molecular complexity index is 1060. The summed E-state index contributed by atoms with van der Waals surface area (Å²) in [7, 11) is 3.61. The first kappa shape index (κ1) is 23.9. The van der Waals surface area contributed by atoms with E-state index in [1.807, 2.05) is 31.2 Å². The number of urea groups is 1. The molecule has 2 amide bonds. The average Bonchev–Trinajstić information content (AvgIpc) is 2.94. The van der Waals surface area contributed by atoms with E-state index in [4.69, 9.17) is 0 Å². The summed E-state index contributed by atoms with van der Waals surface area (Å²) in [5, 5.41) is 8.54. The zero-order chi connectivity index (χ0) is 24.5. The van der Waals surface area contributed by atoms with E-state index in [2.05, 4.69) is 32.0 Å². The Hall–Kier alpha value is -3.27. The molecule has 2 aliphatic rings. The number of hydrazone groups is 1. The Balaban J connectivity index is 1.74. The molecule has 2 aliphatic heterocycles. The third kappa shape index (κ3) is 5.27. The lowest BCUT2D eigenvalue weighted by Gasteiger charge is -2.34. The van der Waals surface area contributed by atoms with Gasteiger partial charge in [0.05, 0.1) is 11.8 Å². The van der Waals surface area contributed by atoms with Crippen molar-refractivity contribution in [3.05, 3.63) is 59.2 Å². The number of ether oxygens (including phenoxy) is 1. The minimum absolute atomic E-state index is 0.296. The van der Waals surface area contributed by atoms with Crippen LogP contribution < -0.4 is 15.0 Å². The topological polar surface area (TPSA) is 60.4 Å². The van der Waals surface area contributed by atoms with Gasteiger partial charge in [-0.05, 0) is 50.2 Å². The van der Waals surface area contributed by atoms with Crippen molar-refractivity contribution in [2.75, 3.05) is 45.2 Å². The SMILES string of the molecule is CNC(=O)N1N=C(c2ccc(N3CCN(C)CC3)cc2)c2cc(OC(F)(F)F)ccc2C[C@H]1C. The molecule has 0 spiro atoms. The number of hydrogen-bond acceptors (Lipinski definition) is 5. The Labute approximate surface area is 196 Å². The van der Waals surface area contributed by atoms with Gasteiger partial charge in [0.25, 0.3) is 0 Å². The van der Waals surface area contributed by atoms with Crippen LogP contribution in [0.5, 0.6) is 5.75 Å². The molecule has 34 heavy (non-hydrogen) atoms. The second kappa shape index (κ2) is 9.54. The van der Waals surface area contributed by atoms with Crippen LogP contribution in [0.4, 0.5) is 23.7 Å². The fourth-order valence-electron chi connectivity index (χ4n) is 4.28. The summed E-state index contributed by atoms with van der Waals surface area (Å²) in [6.07, 6.45) is -4.37. The van der Waals surface area contributed by atoms with Gasteiger partial charge in [-0.25, -0.2) is 9.80 Å². The van der Waals surface area contributed by atoms with Crippen LogP contribution in [0, 0.1) is 0 Å². The molecule has 7 nitrogen and oxygen atoms in total. The van der Waals surface area contributed by atoms with Crippen molar-refractivity contribution < 1.29 is 22.7 Å². The molecule has 0 radical (unpaired) electrons. The van der Waals surface area contributed by atoms with Crippen LogP contribution in [0.3, 0.4) is 0 Å². The van der Waals surface area contributed by atoms with E-state index in [0.29, 0.717) is 23.3 Å². The number of hydrogen-bond donors (Lipinski definition) is 1. The van der Waals surface area contributed by atoms with E-state index >= 15 is 0 Å². The zero-order valence-electron chi connectivity index (χ0n) is 19.4. The number of anilines is 1. The first-order valence-corrected chi connectivity index (χ1v) is 11.2. The van der Waals surface area contributed by atoms with Crippen LogP contribution in [-0.2, 0) is 6.42 Å². The molecule has 2 aromatic rings. The molecule has 2 heterocycles. The molecule has 0 bridgehead atoms. The van der Waals surface area contributed by atoms with Crippen molar-refractivity contribution in [3.63, 3.8) is 0 Å². The summed E-state index contributed by atoms with van der Waals surface area (Å²) in [6, 6.07) is 11.3. The molecule has 0 aromatic heterocycles. The van der Waals surface area contributed by atoms with Gasteiger partial charge in [0.2, 0.25) is 0 Å². The van der Waals surface area contributed by atoms with Crippen molar-refractivity contribution in [1.29, 1.82) is 0 Å². The molecular weight excluding hydrogens is 447 g/mol. The summed E-state index contributed by atoms with van der Waals surface area (Å²) in [4.78, 5) is 17.1. The van der Waals surface area contributed by atoms with Gasteiger partial charge in [-0.15, -0.1) is 13.2 Å². The maximum atomic E-state index is 12.9. The summed E-state index contributed by atoms with van der Waals surface area (Å²) in [6.45, 7) is 5.63. The number of likely N-dealkylation sites (N-methyl/N-ethyl adjacent to an activating group) is 1. The summed E-state index contributed by atoms with van der Waals surface area (Å²) in [5.74, 6) is -0.325. The van der Waals surface area contributed by atoms with E-state index in [1.165, 1.54) is 24.2 Å². The fraction of sp³-hybridized carbons (Fsp3) is 0.417. The Morgan fingerprint density at radius 3 is 2.38 bits per heavy atom. The number of rotatable bonds is 3. The molecule has 1 N–H and O–H groups in total. The third-order valence-electron chi connectivity index (χ3n) is 6.14. The summed E-state index contributed by atoms with van der Waals surface area (Å²) >= 11 is 0. The molecular formula is C24H28F3N5O2. The van der Waals surface area contributed by atoms with Crippen LogP contribution in [0.15, 0.2) is 47.6 Å². The highest BCUT2D eigenvalue weighted by Crippen LogP contribution is 2.30. The Morgan fingerprint density at radius 1 is 1.09 bits per heavy atom. The number of alkyl halides is 3. The molecule has 0 unspecified atom stereocenters. The Kier molecular flexibility index (Phi) is 6.70. The van der Waals surface area contributed by atoms with Gasteiger partial charge in [0, 0.05) is 50.0 Å². The highest BCUT2D eigenvalue weighted by Gasteiger charge is 2.32. The largest absolute Gasteiger partial charge is 0.573 e. The van der Waals surface area contributed by atoms with Crippen molar-refractivity contribution in [3.8, 4) is 5.75 Å². The molecule has 0 saturated carbocycles. The molecule has 2 aromatic carbocycles. The molecule has 10 heteroatoms. The molecule has 1 saturated heterocycles. The zero-order valence-corrected chi connectivity index (χ0v) is 19.4. The fourth-order valence-corrected chi connectivity index (χ4v) is 4.28. The number of nitrogens with one attached hydrogen (secondary N) is 1. The summed E-state index contributed by atoms with van der Waals surface area (Å²) in [5.41, 5.74) is 3.48. The lowest BCUT2D eigenvalue weighted by Crippen LogP contribution is -2.44. The van der Waals surface area contributed by atoms with Gasteiger partial charge in [-0.2, -0.15) is 5.10 Å². The van der Waals surface area contributed by atoms with E-state index in [9.17, 15) is 18.0 Å². The standard InChI is InChI=1S/C24H28F3N5O2/c1-16-14-18-6-9-20(34-24(25,26)27)15-21(18)22(29-32(16)23(33)28-2)17-4-7-19(8-5-17)31-12-10-30(3)11-13-31/h4-9,15-16H,10-14H2,1-3H3,(H,28,33)/t16-/m1/s1. The van der Waals surface area contributed by atoms with Gasteiger partial charge in [-0.1, -0.05) is 18.2 Å². The van der Waals surface area contributed by atoms with Crippen LogP contribution in [-0.4, -0.2) is 74.3 Å². The monoisotopic (exact) mass is 475 g/mol. The average molecular weight is 476 g/mol. The first-order valence-electron chi connectivity index (χ1n) is 11.2. The second-order valence-corrected chi connectivity index (χ2v) is 8.61. The smallest absolute Gasteiger partial charge is 0.406 e. The maximum absolute atomic E-state index is 12.9. The lowest BCUT2D eigenvalue weighted by molar-refractivity contribution is -0.274. The number of fused-ring (bicyclic) bond motifs is 1. The van der Waals surface area contributed by atoms with Crippen molar-refractivity contribution in [1.82, 2.24) is 15.2 Å². The summed E-state index contributed by atoms with van der Waals surface area (Å²) < 4.78 is 42.8. The van der Waals surface area contributed by atoms with Gasteiger partial charge < -0.3 is 19.9 Å². The van der Waals surface area contributed by atoms with Gasteiger partial charge in [0.1, 0.15) is 5.75 Å². The first-order chi connectivity index (χ1) is 16.1. The van der Waals surface area contributed by atoms with Crippen LogP contribution in [0.1, 0.15) is 23.6 Å². The Morgan fingerprint density at radius 2 is 1.76 bits per heavy atom. The lowest BCUT2D eigenvalue weighted by atomic mass is 9.94. The van der Waals surface area contributed by atoms with Crippen molar-refractivity contribution in [2.24, 2.45) is 5.10 Å². The number of halogens is 3. The van der Waals surface area contributed by atoms with E-state index in [-0.39, 0.29) is 11.8 Å². The quantitative estimate of drug-likeness (QED) is 0.736. The molecule has 0 aliphatic carbocycles. The molecule has 182 valence electrons. The second-order valence-electron chi connectivity index (χ2n) is 8.61. The van der Waals surface area contributed by atoms with Crippen molar-refractivity contribution in [2.45, 2.75) is 25.7 Å². The minimum Gasteiger partial charge on any atom is -0.406 e. The molecule has 1 atom stereocenters. The van der Waals surface area contributed by atoms with E-state index < -0.39 is 12.4 Å². The highest BCUT2D eigenvalue weighted by molar-refractivity contribution is 6.14. The number of piperazine rings is 1.